The molecule has 6 heteroatoms. The predicted molar refractivity (Wildman–Crippen MR) is 66.6 cm³/mol. The second kappa shape index (κ2) is 4.55. The fourth-order valence-corrected chi connectivity index (χ4v) is 4.70. The highest BCUT2D eigenvalue weighted by atomic mass is 33.1. The van der Waals surface area contributed by atoms with Crippen LogP contribution in [-0.2, 0) is 9.59 Å². The number of fused-ring (bicyclic) bond motifs is 3. The van der Waals surface area contributed by atoms with Gasteiger partial charge in [0.25, 0.3) is 11.8 Å². The summed E-state index contributed by atoms with van der Waals surface area (Å²) in [6.45, 7) is 8.07. The Bertz CT molecular complexity index is 325. The topological polar surface area (TPSA) is 40.6 Å². The zero-order valence-corrected chi connectivity index (χ0v) is 10.3. The van der Waals surface area contributed by atoms with Crippen LogP contribution in [0.25, 0.3) is 0 Å². The monoisotopic (exact) mass is 256 g/mol. The highest BCUT2D eigenvalue weighted by Gasteiger charge is 2.51. The lowest BCUT2D eigenvalue weighted by molar-refractivity contribution is -0.152. The molecule has 0 aliphatic carbocycles. The molecule has 0 aromatic rings. The average molecular weight is 256 g/mol. The van der Waals surface area contributed by atoms with E-state index in [0.29, 0.717) is 13.1 Å². The third-order valence-electron chi connectivity index (χ3n) is 2.44. The first-order valence-corrected chi connectivity index (χ1v) is 7.13. The molecule has 0 saturated carbocycles. The van der Waals surface area contributed by atoms with E-state index in [1.165, 1.54) is 21.6 Å². The highest BCUT2D eigenvalue weighted by Crippen LogP contribution is 2.46. The Morgan fingerprint density at radius 1 is 1.00 bits per heavy atom. The summed E-state index contributed by atoms with van der Waals surface area (Å²) in [5.41, 5.74) is 0. The molecule has 0 N–H and O–H groups in total. The van der Waals surface area contributed by atoms with Crippen LogP contribution in [0.4, 0.5) is 0 Å². The Balaban J connectivity index is 2.24. The van der Waals surface area contributed by atoms with Crippen LogP contribution in [0, 0.1) is 0 Å². The number of carbonyl (C=O) groups is 2. The smallest absolute Gasteiger partial charge is 0.258 e. The molecular formula is C10H12N2O2S2. The molecule has 0 aromatic heterocycles. The van der Waals surface area contributed by atoms with Crippen molar-refractivity contribution >= 4 is 33.4 Å². The van der Waals surface area contributed by atoms with E-state index in [0.717, 1.165) is 0 Å². The Morgan fingerprint density at radius 2 is 1.38 bits per heavy atom. The van der Waals surface area contributed by atoms with Crippen molar-refractivity contribution in [2.75, 3.05) is 13.1 Å². The number of amides is 2. The molecule has 0 aromatic carbocycles. The molecule has 86 valence electrons. The van der Waals surface area contributed by atoms with E-state index in [2.05, 4.69) is 13.2 Å². The molecule has 2 atom stereocenters. The van der Waals surface area contributed by atoms with Crippen molar-refractivity contribution in [3.8, 4) is 0 Å². The largest absolute Gasteiger partial charge is 0.315 e. The van der Waals surface area contributed by atoms with Crippen molar-refractivity contribution in [2.24, 2.45) is 0 Å². The summed E-state index contributed by atoms with van der Waals surface area (Å²) in [4.78, 5) is 27.2. The molecule has 3 fully saturated rings. The molecule has 3 heterocycles. The number of hydrogen-bond donors (Lipinski definition) is 0. The van der Waals surface area contributed by atoms with Gasteiger partial charge >= 0.3 is 0 Å². The molecule has 0 radical (unpaired) electrons. The maximum absolute atomic E-state index is 12.0. The zero-order valence-electron chi connectivity index (χ0n) is 8.67. The molecular weight excluding hydrogens is 244 g/mol. The third-order valence-corrected chi connectivity index (χ3v) is 5.26. The minimum Gasteiger partial charge on any atom is -0.315 e. The summed E-state index contributed by atoms with van der Waals surface area (Å²) < 4.78 is 0. The van der Waals surface area contributed by atoms with Crippen LogP contribution in [0.3, 0.4) is 0 Å². The van der Waals surface area contributed by atoms with E-state index in [-0.39, 0.29) is 11.8 Å². The Hall–Kier alpha value is -0.880. The maximum Gasteiger partial charge on any atom is 0.258 e. The Labute approximate surface area is 102 Å². The Kier molecular flexibility index (Phi) is 3.30. The Morgan fingerprint density at radius 3 is 1.69 bits per heavy atom. The molecule has 4 nitrogen and oxygen atoms in total. The van der Waals surface area contributed by atoms with Crippen LogP contribution in [0.15, 0.2) is 25.3 Å². The molecule has 0 spiro atoms. The first-order valence-electron chi connectivity index (χ1n) is 4.85. The van der Waals surface area contributed by atoms with E-state index in [9.17, 15) is 9.59 Å². The molecule has 2 amide bonds. The lowest BCUT2D eigenvalue weighted by atomic mass is 10.2. The molecule has 2 unspecified atom stereocenters. The fraction of sp³-hybridized carbons (Fsp3) is 0.400. The summed E-state index contributed by atoms with van der Waals surface area (Å²) in [6.07, 6.45) is 3.30. The number of carbonyl (C=O) groups excluding carboxylic acids is 2. The van der Waals surface area contributed by atoms with Gasteiger partial charge in [-0.15, -0.1) is 13.2 Å². The van der Waals surface area contributed by atoms with Crippen molar-refractivity contribution in [1.82, 2.24) is 9.80 Å². The summed E-state index contributed by atoms with van der Waals surface area (Å²) in [6, 6.07) is 0. The highest BCUT2D eigenvalue weighted by molar-refractivity contribution is 8.77. The molecule has 3 saturated heterocycles. The lowest BCUT2D eigenvalue weighted by Crippen LogP contribution is -2.65. The van der Waals surface area contributed by atoms with Crippen LogP contribution >= 0.6 is 21.6 Å². The van der Waals surface area contributed by atoms with Crippen molar-refractivity contribution in [3.63, 3.8) is 0 Å². The summed E-state index contributed by atoms with van der Waals surface area (Å²) in [5, 5.41) is -0.805. The van der Waals surface area contributed by atoms with Gasteiger partial charge in [0.2, 0.25) is 0 Å². The predicted octanol–water partition coefficient (Wildman–Crippen LogP) is 1.08. The van der Waals surface area contributed by atoms with Crippen LogP contribution in [-0.4, -0.2) is 45.5 Å². The normalized spacial score (nSPS) is 28.5. The average Bonchev–Trinajstić information content (AvgIpc) is 2.27. The second-order valence-corrected chi connectivity index (χ2v) is 5.89. The second-order valence-electron chi connectivity index (χ2n) is 3.46. The molecule has 16 heavy (non-hydrogen) atoms. The SMILES string of the molecule is C=CCN1C(=O)C2SSC1C(=O)N2CC=C. The van der Waals surface area contributed by atoms with Gasteiger partial charge in [-0.1, -0.05) is 33.7 Å². The number of hydrogen-bond acceptors (Lipinski definition) is 4. The van der Waals surface area contributed by atoms with Gasteiger partial charge in [-0.2, -0.15) is 0 Å². The fourth-order valence-electron chi connectivity index (χ4n) is 1.72. The van der Waals surface area contributed by atoms with Gasteiger partial charge in [0.05, 0.1) is 0 Å². The van der Waals surface area contributed by atoms with Gasteiger partial charge in [-0.05, 0) is 0 Å². The van der Waals surface area contributed by atoms with Gasteiger partial charge in [0, 0.05) is 13.1 Å². The van der Waals surface area contributed by atoms with Crippen LogP contribution in [0.5, 0.6) is 0 Å². The minimum atomic E-state index is -0.402. The van der Waals surface area contributed by atoms with Crippen molar-refractivity contribution < 1.29 is 9.59 Å². The third kappa shape index (κ3) is 1.66. The lowest BCUT2D eigenvalue weighted by Gasteiger charge is -2.47. The molecule has 3 aliphatic rings. The van der Waals surface area contributed by atoms with E-state index in [1.54, 1.807) is 22.0 Å². The summed E-state index contributed by atoms with van der Waals surface area (Å²) >= 11 is 0. The first kappa shape index (κ1) is 11.6. The summed E-state index contributed by atoms with van der Waals surface area (Å²) in [5.74, 6) is -0.00907. The first-order chi connectivity index (χ1) is 7.70. The van der Waals surface area contributed by atoms with Gasteiger partial charge < -0.3 is 9.80 Å². The maximum atomic E-state index is 12.0. The van der Waals surface area contributed by atoms with Gasteiger partial charge in [0.1, 0.15) is 0 Å². The van der Waals surface area contributed by atoms with E-state index in [4.69, 9.17) is 0 Å². The van der Waals surface area contributed by atoms with Gasteiger partial charge in [-0.25, -0.2) is 0 Å². The van der Waals surface area contributed by atoms with Gasteiger partial charge in [0.15, 0.2) is 10.7 Å². The zero-order chi connectivity index (χ0) is 11.7. The van der Waals surface area contributed by atoms with E-state index < -0.39 is 10.7 Å². The quantitative estimate of drug-likeness (QED) is 0.557. The molecule has 3 aliphatic heterocycles. The van der Waals surface area contributed by atoms with Crippen LogP contribution in [0.1, 0.15) is 0 Å². The van der Waals surface area contributed by atoms with E-state index >= 15 is 0 Å². The number of piperazine rings is 1. The summed E-state index contributed by atoms with van der Waals surface area (Å²) in [7, 11) is 2.90. The number of rotatable bonds is 4. The minimum absolute atomic E-state index is 0.00454. The van der Waals surface area contributed by atoms with Crippen LogP contribution in [0.2, 0.25) is 0 Å². The van der Waals surface area contributed by atoms with Crippen molar-refractivity contribution in [2.45, 2.75) is 10.7 Å². The van der Waals surface area contributed by atoms with Crippen molar-refractivity contribution in [1.29, 1.82) is 0 Å². The van der Waals surface area contributed by atoms with Crippen molar-refractivity contribution in [3.05, 3.63) is 25.3 Å². The molecule has 2 bridgehead atoms. The standard InChI is InChI=1S/C10H12N2O2S2/c1-3-5-11-7(13)10-12(6-4-2)8(14)9(11)15-16-10/h3-4,9-10H,1-2,5-6H2. The van der Waals surface area contributed by atoms with Crippen LogP contribution < -0.4 is 0 Å². The van der Waals surface area contributed by atoms with Gasteiger partial charge in [-0.3, -0.25) is 9.59 Å². The molecule has 3 rings (SSSR count). The van der Waals surface area contributed by atoms with E-state index in [1.807, 2.05) is 0 Å². The number of nitrogens with zero attached hydrogens (tertiary/aromatic N) is 2.